The average molecular weight is 488 g/mol. The number of dihydropyridines is 1. The van der Waals surface area contributed by atoms with Gasteiger partial charge in [0.25, 0.3) is 0 Å². The van der Waals surface area contributed by atoms with E-state index in [1.807, 2.05) is 24.4 Å². The number of aromatic nitrogens is 2. The number of para-hydroxylation sites is 1. The molecule has 2 aromatic heterocycles. The molecule has 0 aliphatic carbocycles. The first kappa shape index (κ1) is 22.2. The van der Waals surface area contributed by atoms with E-state index in [-0.39, 0.29) is 6.04 Å². The normalized spacial score (nSPS) is 14.8. The van der Waals surface area contributed by atoms with E-state index in [9.17, 15) is 0 Å². The Hall–Kier alpha value is -5.02. The van der Waals surface area contributed by atoms with E-state index in [4.69, 9.17) is 4.98 Å². The van der Waals surface area contributed by atoms with Crippen molar-refractivity contribution in [2.75, 3.05) is 0 Å². The van der Waals surface area contributed by atoms with Crippen LogP contribution in [0, 0.1) is 0 Å². The van der Waals surface area contributed by atoms with Gasteiger partial charge in [0.2, 0.25) is 0 Å². The Balaban J connectivity index is 1.31. The maximum absolute atomic E-state index is 5.16. The lowest BCUT2D eigenvalue weighted by molar-refractivity contribution is 0.760. The van der Waals surface area contributed by atoms with Crippen molar-refractivity contribution in [2.45, 2.75) is 6.04 Å². The molecule has 3 heteroatoms. The Morgan fingerprint density at radius 3 is 2.26 bits per heavy atom. The SMILES string of the molecule is C1=CC(c2ccc(-c3nc4ccccc4c4c(-c5ccccc5)cccc34)cc2)NC(c2ccccn2)=C1. The van der Waals surface area contributed by atoms with Crippen LogP contribution in [0.25, 0.3) is 49.8 Å². The minimum Gasteiger partial charge on any atom is -0.373 e. The molecular formula is C35H25N3. The second-order valence-corrected chi connectivity index (χ2v) is 9.50. The van der Waals surface area contributed by atoms with Crippen LogP contribution in [-0.4, -0.2) is 9.97 Å². The number of benzene rings is 4. The smallest absolute Gasteiger partial charge is 0.0861 e. The van der Waals surface area contributed by atoms with E-state index in [1.54, 1.807) is 0 Å². The van der Waals surface area contributed by atoms with Crippen molar-refractivity contribution in [3.63, 3.8) is 0 Å². The van der Waals surface area contributed by atoms with Gasteiger partial charge in [0.05, 0.1) is 28.6 Å². The van der Waals surface area contributed by atoms with Gasteiger partial charge in [0.1, 0.15) is 0 Å². The maximum Gasteiger partial charge on any atom is 0.0861 e. The number of allylic oxidation sites excluding steroid dienone is 2. The van der Waals surface area contributed by atoms with Crippen LogP contribution in [0.1, 0.15) is 17.3 Å². The Kier molecular flexibility index (Phi) is 5.52. The summed E-state index contributed by atoms with van der Waals surface area (Å²) in [6.45, 7) is 0. The summed E-state index contributed by atoms with van der Waals surface area (Å²) in [5, 5.41) is 7.20. The summed E-state index contributed by atoms with van der Waals surface area (Å²) in [6, 6.07) is 40.4. The quantitative estimate of drug-likeness (QED) is 0.254. The molecule has 180 valence electrons. The predicted molar refractivity (Wildman–Crippen MR) is 157 cm³/mol. The van der Waals surface area contributed by atoms with Crippen molar-refractivity contribution in [3.05, 3.63) is 151 Å². The second-order valence-electron chi connectivity index (χ2n) is 9.50. The largest absolute Gasteiger partial charge is 0.373 e. The van der Waals surface area contributed by atoms with Crippen LogP contribution in [-0.2, 0) is 0 Å². The van der Waals surface area contributed by atoms with E-state index in [0.717, 1.165) is 33.6 Å². The van der Waals surface area contributed by atoms with E-state index >= 15 is 0 Å². The van der Waals surface area contributed by atoms with Crippen molar-refractivity contribution >= 4 is 27.4 Å². The molecule has 1 atom stereocenters. The van der Waals surface area contributed by atoms with Crippen LogP contribution in [0.3, 0.4) is 0 Å². The molecule has 6 aromatic rings. The van der Waals surface area contributed by atoms with Crippen LogP contribution in [0.4, 0.5) is 0 Å². The highest BCUT2D eigenvalue weighted by Crippen LogP contribution is 2.38. The molecule has 0 fully saturated rings. The zero-order chi connectivity index (χ0) is 25.3. The first-order valence-corrected chi connectivity index (χ1v) is 12.9. The molecule has 38 heavy (non-hydrogen) atoms. The molecular weight excluding hydrogens is 462 g/mol. The topological polar surface area (TPSA) is 37.8 Å². The molecule has 3 nitrogen and oxygen atoms in total. The molecule has 0 saturated heterocycles. The minimum atomic E-state index is 0.0806. The molecule has 1 N–H and O–H groups in total. The summed E-state index contributed by atoms with van der Waals surface area (Å²) in [5.74, 6) is 0. The first-order valence-electron chi connectivity index (χ1n) is 12.9. The lowest BCUT2D eigenvalue weighted by Gasteiger charge is -2.22. The zero-order valence-electron chi connectivity index (χ0n) is 20.8. The molecule has 1 aliphatic rings. The highest BCUT2D eigenvalue weighted by Gasteiger charge is 2.17. The van der Waals surface area contributed by atoms with Crippen molar-refractivity contribution in [1.29, 1.82) is 0 Å². The van der Waals surface area contributed by atoms with E-state index in [2.05, 4.69) is 126 Å². The van der Waals surface area contributed by atoms with Crippen LogP contribution in [0.5, 0.6) is 0 Å². The number of pyridine rings is 2. The summed E-state index contributed by atoms with van der Waals surface area (Å²) >= 11 is 0. The number of rotatable bonds is 4. The molecule has 3 heterocycles. The van der Waals surface area contributed by atoms with Gasteiger partial charge in [-0.2, -0.15) is 0 Å². The van der Waals surface area contributed by atoms with Crippen molar-refractivity contribution < 1.29 is 0 Å². The molecule has 1 aliphatic heterocycles. The molecule has 4 aromatic carbocycles. The lowest BCUT2D eigenvalue weighted by Crippen LogP contribution is -2.20. The summed E-state index contributed by atoms with van der Waals surface area (Å²) in [7, 11) is 0. The minimum absolute atomic E-state index is 0.0806. The highest BCUT2D eigenvalue weighted by atomic mass is 15.0. The third-order valence-corrected chi connectivity index (χ3v) is 7.17. The molecule has 0 spiro atoms. The molecule has 0 bridgehead atoms. The second kappa shape index (κ2) is 9.45. The number of fused-ring (bicyclic) bond motifs is 3. The van der Waals surface area contributed by atoms with Gasteiger partial charge in [-0.15, -0.1) is 0 Å². The predicted octanol–water partition coefficient (Wildman–Crippen LogP) is 8.36. The number of hydrogen-bond donors (Lipinski definition) is 1. The summed E-state index contributed by atoms with van der Waals surface area (Å²) in [4.78, 5) is 9.65. The van der Waals surface area contributed by atoms with Gasteiger partial charge in [0, 0.05) is 27.9 Å². The highest BCUT2D eigenvalue weighted by molar-refractivity contribution is 6.16. The van der Waals surface area contributed by atoms with E-state index in [0.29, 0.717) is 0 Å². The fourth-order valence-corrected chi connectivity index (χ4v) is 5.33. The number of hydrogen-bond acceptors (Lipinski definition) is 3. The summed E-state index contributed by atoms with van der Waals surface area (Å²) in [5.41, 5.74) is 8.72. The van der Waals surface area contributed by atoms with Crippen molar-refractivity contribution in [2.24, 2.45) is 0 Å². The van der Waals surface area contributed by atoms with E-state index < -0.39 is 0 Å². The van der Waals surface area contributed by atoms with Crippen LogP contribution in [0.15, 0.2) is 140 Å². The monoisotopic (exact) mass is 487 g/mol. The van der Waals surface area contributed by atoms with Crippen molar-refractivity contribution in [1.82, 2.24) is 15.3 Å². The third-order valence-electron chi connectivity index (χ3n) is 7.17. The molecule has 0 amide bonds. The van der Waals surface area contributed by atoms with Gasteiger partial charge in [0.15, 0.2) is 0 Å². The van der Waals surface area contributed by atoms with Gasteiger partial charge in [-0.25, -0.2) is 4.98 Å². The summed E-state index contributed by atoms with van der Waals surface area (Å²) in [6.07, 6.45) is 8.17. The Morgan fingerprint density at radius 2 is 1.42 bits per heavy atom. The Labute approximate surface area is 221 Å². The van der Waals surface area contributed by atoms with Crippen LogP contribution in [0.2, 0.25) is 0 Å². The Bertz CT molecular complexity index is 1820. The summed E-state index contributed by atoms with van der Waals surface area (Å²) < 4.78 is 0. The maximum atomic E-state index is 5.16. The van der Waals surface area contributed by atoms with Gasteiger partial charge in [-0.05, 0) is 41.0 Å². The van der Waals surface area contributed by atoms with Crippen LogP contribution >= 0.6 is 0 Å². The fraction of sp³-hybridized carbons (Fsp3) is 0.0286. The van der Waals surface area contributed by atoms with E-state index in [1.165, 1.54) is 27.5 Å². The first-order chi connectivity index (χ1) is 18.8. The average Bonchev–Trinajstić information content (AvgIpc) is 3.01. The number of nitrogens with zero attached hydrogens (tertiary/aromatic N) is 2. The van der Waals surface area contributed by atoms with Gasteiger partial charge in [-0.3, -0.25) is 4.98 Å². The molecule has 0 saturated carbocycles. The van der Waals surface area contributed by atoms with Crippen molar-refractivity contribution in [3.8, 4) is 22.4 Å². The standard InChI is InChI=1S/C35H25N3/c1-2-10-24(11-3-1)27-13-8-14-29-34(27)28-12-4-5-15-31(28)38-35(29)26-21-19-25(20-22-26)30-17-9-18-33(37-30)32-16-6-7-23-36-32/h1-23,30,37H. The molecule has 1 unspecified atom stereocenters. The number of nitrogens with one attached hydrogen (secondary N) is 1. The van der Waals surface area contributed by atoms with Crippen LogP contribution < -0.4 is 5.32 Å². The molecule has 7 rings (SSSR count). The van der Waals surface area contributed by atoms with Gasteiger partial charge < -0.3 is 5.32 Å². The zero-order valence-corrected chi connectivity index (χ0v) is 20.8. The Morgan fingerprint density at radius 1 is 0.632 bits per heavy atom. The van der Waals surface area contributed by atoms with Gasteiger partial charge in [-0.1, -0.05) is 109 Å². The lowest BCUT2D eigenvalue weighted by atomic mass is 9.92. The molecule has 0 radical (unpaired) electrons. The third kappa shape index (κ3) is 3.95. The van der Waals surface area contributed by atoms with Gasteiger partial charge >= 0.3 is 0 Å². The fourth-order valence-electron chi connectivity index (χ4n) is 5.33.